The molecule has 0 atom stereocenters. The van der Waals surface area contributed by atoms with Gasteiger partial charge in [-0.15, -0.1) is 0 Å². The zero-order chi connectivity index (χ0) is 31.1. The van der Waals surface area contributed by atoms with Crippen LogP contribution >= 0.6 is 34.5 Å². The standard InChI is InChI=1S/C36H32Cl2N5OS.HI/c1-4-40-29-20-19-25(44-36-39-28-15-10-11-16-33(28)45-36)21-30(29)41(5-2)34(40)17-12-18-35-42(6-3)31-22-26(37)27(38)23-32(31)43(35)24-13-8-7-9-14-24;/h7-23H,4-6H2,1-3H3;1H/q+1;/p-1. The van der Waals surface area contributed by atoms with Gasteiger partial charge in [-0.3, -0.25) is 0 Å². The molecule has 7 rings (SSSR count). The van der Waals surface area contributed by atoms with Gasteiger partial charge in [0.1, 0.15) is 17.3 Å². The first-order valence-electron chi connectivity index (χ1n) is 15.1. The lowest BCUT2D eigenvalue weighted by atomic mass is 10.2. The maximum absolute atomic E-state index is 6.52. The highest BCUT2D eigenvalue weighted by Crippen LogP contribution is 2.44. The Hall–Kier alpha value is -3.57. The van der Waals surface area contributed by atoms with Crippen LogP contribution in [0.5, 0.6) is 10.9 Å². The normalized spacial score (nSPS) is 13.7. The van der Waals surface area contributed by atoms with Gasteiger partial charge in [0.15, 0.2) is 11.0 Å². The number of anilines is 2. The number of ether oxygens (including phenoxy) is 1. The molecule has 0 amide bonds. The van der Waals surface area contributed by atoms with Crippen LogP contribution in [0.4, 0.5) is 11.4 Å². The van der Waals surface area contributed by atoms with Gasteiger partial charge in [-0.2, -0.15) is 4.57 Å². The summed E-state index contributed by atoms with van der Waals surface area (Å²) in [5, 5.41) is 1.72. The maximum atomic E-state index is 6.52. The third-order valence-corrected chi connectivity index (χ3v) is 9.71. The second-order valence-electron chi connectivity index (χ2n) is 10.6. The minimum Gasteiger partial charge on any atom is -1.00 e. The molecule has 46 heavy (non-hydrogen) atoms. The molecule has 0 fully saturated rings. The molecule has 6 aromatic rings. The van der Waals surface area contributed by atoms with Crippen LogP contribution in [-0.4, -0.2) is 22.6 Å². The fraction of sp³-hybridized carbons (Fsp3) is 0.167. The van der Waals surface area contributed by atoms with Crippen LogP contribution in [-0.2, 0) is 6.54 Å². The minimum absolute atomic E-state index is 0. The van der Waals surface area contributed by atoms with E-state index < -0.39 is 0 Å². The van der Waals surface area contributed by atoms with Crippen molar-refractivity contribution in [3.63, 3.8) is 0 Å². The van der Waals surface area contributed by atoms with Gasteiger partial charge < -0.3 is 38.5 Å². The molecule has 1 aliphatic heterocycles. The average Bonchev–Trinajstić information content (AvgIpc) is 3.70. The van der Waals surface area contributed by atoms with E-state index in [1.54, 1.807) is 11.3 Å². The number of benzene rings is 4. The van der Waals surface area contributed by atoms with Crippen molar-refractivity contribution in [1.29, 1.82) is 0 Å². The summed E-state index contributed by atoms with van der Waals surface area (Å²) >= 11 is 14.6. The Morgan fingerprint density at radius 3 is 2.30 bits per heavy atom. The topological polar surface area (TPSA) is 37.4 Å². The molecule has 1 aliphatic rings. The fourth-order valence-corrected chi connectivity index (χ4v) is 7.25. The van der Waals surface area contributed by atoms with Crippen LogP contribution in [0.25, 0.3) is 33.0 Å². The number of halogens is 3. The van der Waals surface area contributed by atoms with Gasteiger partial charge in [0.2, 0.25) is 0 Å². The van der Waals surface area contributed by atoms with Crippen molar-refractivity contribution in [2.24, 2.45) is 0 Å². The molecule has 0 spiro atoms. The lowest BCUT2D eigenvalue weighted by Crippen LogP contribution is -3.00. The van der Waals surface area contributed by atoms with E-state index in [-0.39, 0.29) is 24.0 Å². The Labute approximate surface area is 299 Å². The van der Waals surface area contributed by atoms with Gasteiger partial charge in [0.05, 0.1) is 38.2 Å². The van der Waals surface area contributed by atoms with Crippen LogP contribution in [0.2, 0.25) is 10.0 Å². The molecular weight excluding hydrogens is 748 g/mol. The average molecular weight is 781 g/mol. The molecule has 10 heteroatoms. The Bertz CT molecular complexity index is 2070. The third kappa shape index (κ3) is 5.76. The lowest BCUT2D eigenvalue weighted by molar-refractivity contribution is -0.670. The molecule has 2 aromatic heterocycles. The van der Waals surface area contributed by atoms with E-state index in [2.05, 4.69) is 93.2 Å². The largest absolute Gasteiger partial charge is 1.00 e. The second-order valence-corrected chi connectivity index (χ2v) is 12.4. The molecule has 0 saturated carbocycles. The number of hydrogen-bond acceptors (Lipinski definition) is 5. The van der Waals surface area contributed by atoms with Gasteiger partial charge in [-0.1, -0.05) is 70.9 Å². The molecule has 0 bridgehead atoms. The van der Waals surface area contributed by atoms with Gasteiger partial charge >= 0.3 is 0 Å². The number of para-hydroxylation sites is 2. The molecule has 3 heterocycles. The first kappa shape index (κ1) is 32.4. The molecule has 6 nitrogen and oxygen atoms in total. The van der Waals surface area contributed by atoms with Crippen molar-refractivity contribution in [1.82, 2.24) is 9.55 Å². The van der Waals surface area contributed by atoms with Crippen LogP contribution in [0, 0.1) is 0 Å². The molecule has 0 N–H and O–H groups in total. The monoisotopic (exact) mass is 779 g/mol. The lowest BCUT2D eigenvalue weighted by Gasteiger charge is -2.23. The van der Waals surface area contributed by atoms with Crippen LogP contribution in [0.15, 0.2) is 103 Å². The minimum atomic E-state index is 0. The first-order valence-corrected chi connectivity index (χ1v) is 16.7. The van der Waals surface area contributed by atoms with Crippen LogP contribution in [0.3, 0.4) is 0 Å². The van der Waals surface area contributed by atoms with Crippen molar-refractivity contribution in [2.45, 2.75) is 27.3 Å². The van der Waals surface area contributed by atoms with E-state index >= 15 is 0 Å². The molecule has 0 unspecified atom stereocenters. The van der Waals surface area contributed by atoms with Gasteiger partial charge in [-0.05, 0) is 63.2 Å². The third-order valence-electron chi connectivity index (χ3n) is 8.07. The molecular formula is C36H32Cl2IN5OS. The fourth-order valence-electron chi connectivity index (χ4n) is 6.10. The van der Waals surface area contributed by atoms with Crippen molar-refractivity contribution in [2.75, 3.05) is 22.9 Å². The summed E-state index contributed by atoms with van der Waals surface area (Å²) in [6.07, 6.45) is 6.49. The number of rotatable bonds is 8. The highest BCUT2D eigenvalue weighted by Gasteiger charge is 2.30. The number of hydrogen-bond donors (Lipinski definition) is 0. The maximum Gasteiger partial charge on any atom is 0.287 e. The van der Waals surface area contributed by atoms with E-state index in [9.17, 15) is 0 Å². The van der Waals surface area contributed by atoms with E-state index in [1.165, 1.54) is 0 Å². The molecule has 0 saturated heterocycles. The van der Waals surface area contributed by atoms with Crippen molar-refractivity contribution in [3.05, 3.63) is 119 Å². The van der Waals surface area contributed by atoms with E-state index in [0.717, 1.165) is 75.3 Å². The Morgan fingerprint density at radius 1 is 0.848 bits per heavy atom. The predicted octanol–water partition coefficient (Wildman–Crippen LogP) is 6.87. The number of aromatic nitrogens is 3. The number of fused-ring (bicyclic) bond motifs is 3. The highest BCUT2D eigenvalue weighted by atomic mass is 127. The Morgan fingerprint density at radius 2 is 1.57 bits per heavy atom. The summed E-state index contributed by atoms with van der Waals surface area (Å²) in [5.41, 5.74) is 6.31. The van der Waals surface area contributed by atoms with Gasteiger partial charge in [0, 0.05) is 37.4 Å². The predicted molar refractivity (Wildman–Crippen MR) is 188 cm³/mol. The van der Waals surface area contributed by atoms with E-state index in [4.69, 9.17) is 27.9 Å². The summed E-state index contributed by atoms with van der Waals surface area (Å²) < 4.78 is 11.9. The van der Waals surface area contributed by atoms with E-state index in [0.29, 0.717) is 15.2 Å². The SMILES string of the molecule is CCN1/C(=C\C=C\c2n(-c3ccccc3)c3cc(Cl)c(Cl)cc3[n+]2CC)N(CC)c2cc(Oc3nc4ccccc4s3)ccc21.[I-]. The summed E-state index contributed by atoms with van der Waals surface area (Å²) in [6.45, 7) is 8.91. The molecule has 0 aliphatic carbocycles. The Balaban J connectivity index is 0.00000372. The molecule has 0 radical (unpaired) electrons. The van der Waals surface area contributed by atoms with Gasteiger partial charge in [-0.25, -0.2) is 9.55 Å². The van der Waals surface area contributed by atoms with Crippen molar-refractivity contribution >= 4 is 73.2 Å². The number of imidazole rings is 1. The van der Waals surface area contributed by atoms with Crippen LogP contribution < -0.4 is 43.1 Å². The molecule has 4 aromatic carbocycles. The first-order chi connectivity index (χ1) is 22.0. The van der Waals surface area contributed by atoms with E-state index in [1.807, 2.05) is 54.6 Å². The second kappa shape index (κ2) is 13.7. The zero-order valence-electron chi connectivity index (χ0n) is 25.6. The summed E-state index contributed by atoms with van der Waals surface area (Å²) in [4.78, 5) is 9.32. The quantitative estimate of drug-likeness (QED) is 0.125. The molecule has 234 valence electrons. The smallest absolute Gasteiger partial charge is 0.287 e. The Kier molecular flexibility index (Phi) is 9.61. The van der Waals surface area contributed by atoms with Crippen LogP contribution in [0.1, 0.15) is 26.6 Å². The van der Waals surface area contributed by atoms with Crippen molar-refractivity contribution < 1.29 is 33.3 Å². The summed E-state index contributed by atoms with van der Waals surface area (Å²) in [6, 6.07) is 28.6. The number of aryl methyl sites for hydroxylation is 1. The van der Waals surface area contributed by atoms with Crippen molar-refractivity contribution in [3.8, 4) is 16.6 Å². The summed E-state index contributed by atoms with van der Waals surface area (Å²) in [5.74, 6) is 2.91. The highest BCUT2D eigenvalue weighted by molar-refractivity contribution is 7.20. The number of allylic oxidation sites excluding steroid dienone is 2. The zero-order valence-corrected chi connectivity index (χ0v) is 30.1. The van der Waals surface area contributed by atoms with Gasteiger partial charge in [0.25, 0.3) is 11.0 Å². The number of thiazole rings is 1. The number of nitrogens with zero attached hydrogens (tertiary/aromatic N) is 5. The summed E-state index contributed by atoms with van der Waals surface area (Å²) in [7, 11) is 0.